The molecule has 0 spiro atoms. The summed E-state index contributed by atoms with van der Waals surface area (Å²) in [6, 6.07) is 8.07. The summed E-state index contributed by atoms with van der Waals surface area (Å²) in [5.41, 5.74) is 2.02. The maximum Gasteiger partial charge on any atom is 0.316 e. The van der Waals surface area contributed by atoms with Crippen LogP contribution in [0.15, 0.2) is 42.9 Å². The Morgan fingerprint density at radius 3 is 2.96 bits per heavy atom. The molecule has 1 aromatic carbocycles. The van der Waals surface area contributed by atoms with Gasteiger partial charge in [-0.1, -0.05) is 18.2 Å². The van der Waals surface area contributed by atoms with Gasteiger partial charge in [-0.15, -0.1) is 0 Å². The lowest BCUT2D eigenvalue weighted by molar-refractivity contribution is -0.129. The first-order chi connectivity index (χ1) is 12.2. The fourth-order valence-corrected chi connectivity index (χ4v) is 3.11. The first kappa shape index (κ1) is 15.6. The van der Waals surface area contributed by atoms with Gasteiger partial charge in [0.15, 0.2) is 5.82 Å². The number of aromatic nitrogens is 3. The summed E-state index contributed by atoms with van der Waals surface area (Å²) in [6.07, 6.45) is 4.91. The van der Waals surface area contributed by atoms with E-state index in [1.54, 1.807) is 4.90 Å². The van der Waals surface area contributed by atoms with Crippen LogP contribution in [0.2, 0.25) is 0 Å². The summed E-state index contributed by atoms with van der Waals surface area (Å²) in [7, 11) is 0. The van der Waals surface area contributed by atoms with Crippen molar-refractivity contribution in [3.05, 3.63) is 54.2 Å². The van der Waals surface area contributed by atoms with Crippen molar-refractivity contribution in [1.82, 2.24) is 19.9 Å². The second-order valence-electron chi connectivity index (χ2n) is 6.09. The Kier molecular flexibility index (Phi) is 4.05. The largest absolute Gasteiger partial charge is 0.458 e. The summed E-state index contributed by atoms with van der Waals surface area (Å²) < 4.78 is 18.5. The third-order valence-electron chi connectivity index (χ3n) is 4.38. The standard InChI is InChI=1S/C18H17FN4O2/c19-13-9-21-18(22-10-13)25-14-5-6-23(11-14)17(24)7-12-8-20-16-4-2-1-3-15(12)16/h1-4,8-10,14,20H,5-7,11H2/t14-/m1/s1. The average molecular weight is 340 g/mol. The SMILES string of the molecule is O=C(Cc1c[nH]c2ccccc12)N1CC[C@@H](Oc2ncc(F)cn2)C1. The summed E-state index contributed by atoms with van der Waals surface area (Å²) in [5, 5.41) is 1.07. The average Bonchev–Trinajstić information content (AvgIpc) is 3.25. The summed E-state index contributed by atoms with van der Waals surface area (Å²) in [6.45, 7) is 1.12. The number of ether oxygens (including phenoxy) is 1. The van der Waals surface area contributed by atoms with Crippen molar-refractivity contribution < 1.29 is 13.9 Å². The van der Waals surface area contributed by atoms with Crippen molar-refractivity contribution in [1.29, 1.82) is 0 Å². The number of benzene rings is 1. The van der Waals surface area contributed by atoms with E-state index < -0.39 is 5.82 Å². The van der Waals surface area contributed by atoms with Crippen LogP contribution in [-0.4, -0.2) is 45.0 Å². The van der Waals surface area contributed by atoms with Gasteiger partial charge in [0.2, 0.25) is 5.91 Å². The molecule has 1 N–H and O–H groups in total. The number of rotatable bonds is 4. The molecule has 7 heteroatoms. The molecule has 1 amide bonds. The van der Waals surface area contributed by atoms with E-state index in [1.165, 1.54) is 0 Å². The number of carbonyl (C=O) groups excluding carboxylic acids is 1. The van der Waals surface area contributed by atoms with Crippen molar-refractivity contribution in [3.63, 3.8) is 0 Å². The number of hydrogen-bond donors (Lipinski definition) is 1. The van der Waals surface area contributed by atoms with Crippen molar-refractivity contribution in [2.75, 3.05) is 13.1 Å². The molecule has 0 radical (unpaired) electrons. The smallest absolute Gasteiger partial charge is 0.316 e. The number of nitrogens with zero attached hydrogens (tertiary/aromatic N) is 3. The Morgan fingerprint density at radius 1 is 1.32 bits per heavy atom. The zero-order chi connectivity index (χ0) is 17.2. The highest BCUT2D eigenvalue weighted by molar-refractivity contribution is 5.89. The third-order valence-corrected chi connectivity index (χ3v) is 4.38. The highest BCUT2D eigenvalue weighted by Crippen LogP contribution is 2.21. The number of hydrogen-bond acceptors (Lipinski definition) is 4. The number of nitrogens with one attached hydrogen (secondary N) is 1. The van der Waals surface area contributed by atoms with E-state index in [0.29, 0.717) is 25.9 Å². The Morgan fingerprint density at radius 2 is 2.12 bits per heavy atom. The van der Waals surface area contributed by atoms with E-state index >= 15 is 0 Å². The molecule has 1 aliphatic rings. The van der Waals surface area contributed by atoms with Crippen molar-refractivity contribution in [2.45, 2.75) is 18.9 Å². The lowest BCUT2D eigenvalue weighted by Crippen LogP contribution is -2.32. The molecule has 3 heterocycles. The molecular formula is C18H17FN4O2. The van der Waals surface area contributed by atoms with E-state index in [-0.39, 0.29) is 18.0 Å². The Labute approximate surface area is 143 Å². The number of para-hydroxylation sites is 1. The molecule has 6 nitrogen and oxygen atoms in total. The maximum atomic E-state index is 12.8. The van der Waals surface area contributed by atoms with Gasteiger partial charge in [-0.25, -0.2) is 14.4 Å². The second-order valence-corrected chi connectivity index (χ2v) is 6.09. The van der Waals surface area contributed by atoms with Crippen LogP contribution in [0.25, 0.3) is 10.9 Å². The van der Waals surface area contributed by atoms with Crippen molar-refractivity contribution in [3.8, 4) is 6.01 Å². The number of amides is 1. The van der Waals surface area contributed by atoms with Gasteiger partial charge in [0.05, 0.1) is 25.4 Å². The van der Waals surface area contributed by atoms with Crippen LogP contribution in [0.5, 0.6) is 6.01 Å². The summed E-state index contributed by atoms with van der Waals surface area (Å²) in [5.74, 6) is -0.440. The highest BCUT2D eigenvalue weighted by Gasteiger charge is 2.28. The van der Waals surface area contributed by atoms with E-state index in [9.17, 15) is 9.18 Å². The predicted octanol–water partition coefficient (Wildman–Crippen LogP) is 2.32. The molecule has 3 aromatic rings. The number of halogens is 1. The molecule has 4 rings (SSSR count). The highest BCUT2D eigenvalue weighted by atomic mass is 19.1. The van der Waals surface area contributed by atoms with Gasteiger partial charge < -0.3 is 14.6 Å². The lowest BCUT2D eigenvalue weighted by Gasteiger charge is -2.16. The van der Waals surface area contributed by atoms with Crippen LogP contribution in [0.3, 0.4) is 0 Å². The molecule has 25 heavy (non-hydrogen) atoms. The lowest BCUT2D eigenvalue weighted by atomic mass is 10.1. The summed E-state index contributed by atoms with van der Waals surface area (Å²) in [4.78, 5) is 25.1. The molecule has 1 atom stereocenters. The van der Waals surface area contributed by atoms with Gasteiger partial charge in [0, 0.05) is 30.1 Å². The number of H-pyrrole nitrogens is 1. The van der Waals surface area contributed by atoms with Gasteiger partial charge in [-0.3, -0.25) is 4.79 Å². The molecule has 0 unspecified atom stereocenters. The molecule has 0 saturated carbocycles. The molecular weight excluding hydrogens is 323 g/mol. The van der Waals surface area contributed by atoms with Gasteiger partial charge >= 0.3 is 6.01 Å². The zero-order valence-corrected chi connectivity index (χ0v) is 13.5. The monoisotopic (exact) mass is 340 g/mol. The van der Waals surface area contributed by atoms with Crippen LogP contribution >= 0.6 is 0 Å². The third kappa shape index (κ3) is 3.31. The van der Waals surface area contributed by atoms with Crippen molar-refractivity contribution in [2.24, 2.45) is 0 Å². The molecule has 0 bridgehead atoms. The quantitative estimate of drug-likeness (QED) is 0.791. The minimum Gasteiger partial charge on any atom is -0.458 e. The minimum atomic E-state index is -0.505. The van der Waals surface area contributed by atoms with Crippen LogP contribution in [-0.2, 0) is 11.2 Å². The van der Waals surface area contributed by atoms with Crippen LogP contribution in [0.4, 0.5) is 4.39 Å². The first-order valence-corrected chi connectivity index (χ1v) is 8.16. The fraction of sp³-hybridized carbons (Fsp3) is 0.278. The number of fused-ring (bicyclic) bond motifs is 1. The number of aromatic amines is 1. The van der Waals surface area contributed by atoms with Gasteiger partial charge in [0.25, 0.3) is 0 Å². The summed E-state index contributed by atoms with van der Waals surface area (Å²) >= 11 is 0. The molecule has 1 saturated heterocycles. The van der Waals surface area contributed by atoms with Gasteiger partial charge in [0.1, 0.15) is 6.10 Å². The second kappa shape index (κ2) is 6.51. The normalized spacial score (nSPS) is 17.2. The topological polar surface area (TPSA) is 71.1 Å². The Bertz CT molecular complexity index is 893. The maximum absolute atomic E-state index is 12.8. The van der Waals surface area contributed by atoms with Crippen LogP contribution in [0, 0.1) is 5.82 Å². The van der Waals surface area contributed by atoms with E-state index in [1.807, 2.05) is 30.5 Å². The van der Waals surface area contributed by atoms with Crippen LogP contribution < -0.4 is 4.74 Å². The van der Waals surface area contributed by atoms with Crippen LogP contribution in [0.1, 0.15) is 12.0 Å². The predicted molar refractivity (Wildman–Crippen MR) is 89.6 cm³/mol. The molecule has 0 aliphatic carbocycles. The van der Waals surface area contributed by atoms with Gasteiger partial charge in [-0.2, -0.15) is 0 Å². The Hall–Kier alpha value is -2.96. The van der Waals surface area contributed by atoms with E-state index in [4.69, 9.17) is 4.74 Å². The molecule has 2 aromatic heterocycles. The first-order valence-electron chi connectivity index (χ1n) is 8.16. The van der Waals surface area contributed by atoms with Crippen molar-refractivity contribution >= 4 is 16.8 Å². The number of likely N-dealkylation sites (tertiary alicyclic amines) is 1. The number of carbonyl (C=O) groups is 1. The van der Waals surface area contributed by atoms with E-state index in [0.717, 1.165) is 28.9 Å². The van der Waals surface area contributed by atoms with E-state index in [2.05, 4.69) is 15.0 Å². The fourth-order valence-electron chi connectivity index (χ4n) is 3.11. The Balaban J connectivity index is 1.38. The minimum absolute atomic E-state index is 0.0656. The molecule has 128 valence electrons. The molecule has 1 aliphatic heterocycles. The zero-order valence-electron chi connectivity index (χ0n) is 13.5. The molecule has 1 fully saturated rings. The van der Waals surface area contributed by atoms with Gasteiger partial charge in [-0.05, 0) is 11.6 Å².